The molecular formula is C13H19NO. The fourth-order valence-corrected chi connectivity index (χ4v) is 2.29. The van der Waals surface area contributed by atoms with Crippen molar-refractivity contribution in [1.82, 2.24) is 4.90 Å². The topological polar surface area (TPSA) is 20.3 Å². The van der Waals surface area contributed by atoms with E-state index in [-0.39, 0.29) is 5.91 Å². The summed E-state index contributed by atoms with van der Waals surface area (Å²) in [6.07, 6.45) is 9.51. The number of carbonyl (C=O) groups excluding carboxylic acids is 1. The highest BCUT2D eigenvalue weighted by Gasteiger charge is 2.26. The number of carbonyl (C=O) groups is 1. The van der Waals surface area contributed by atoms with Crippen molar-refractivity contribution in [2.45, 2.75) is 39.2 Å². The number of likely N-dealkylation sites (tertiary alicyclic amines) is 1. The Hall–Kier alpha value is -1.05. The molecule has 2 rings (SSSR count). The zero-order chi connectivity index (χ0) is 10.8. The van der Waals surface area contributed by atoms with E-state index in [2.05, 4.69) is 26.0 Å². The summed E-state index contributed by atoms with van der Waals surface area (Å²) in [5.74, 6) is 0.806. The van der Waals surface area contributed by atoms with Gasteiger partial charge >= 0.3 is 0 Å². The lowest BCUT2D eigenvalue weighted by Crippen LogP contribution is -2.34. The minimum absolute atomic E-state index is 0.225. The van der Waals surface area contributed by atoms with E-state index in [1.54, 1.807) is 0 Å². The predicted molar refractivity (Wildman–Crippen MR) is 61.4 cm³/mol. The van der Waals surface area contributed by atoms with Gasteiger partial charge in [0, 0.05) is 18.2 Å². The maximum atomic E-state index is 12.1. The van der Waals surface area contributed by atoms with Crippen LogP contribution in [-0.2, 0) is 4.79 Å². The molecule has 2 heteroatoms. The Bertz CT molecular complexity index is 316. The predicted octanol–water partition coefficient (Wildman–Crippen LogP) is 2.52. The second kappa shape index (κ2) is 4.21. The van der Waals surface area contributed by atoms with Gasteiger partial charge in [0.05, 0.1) is 0 Å². The van der Waals surface area contributed by atoms with Crippen molar-refractivity contribution in [1.29, 1.82) is 0 Å². The Kier molecular flexibility index (Phi) is 2.94. The first-order valence-electron chi connectivity index (χ1n) is 5.88. The Morgan fingerprint density at radius 2 is 2.27 bits per heavy atom. The fourth-order valence-electron chi connectivity index (χ4n) is 2.29. The molecule has 2 nitrogen and oxygen atoms in total. The first kappa shape index (κ1) is 10.5. The molecule has 0 aromatic heterocycles. The van der Waals surface area contributed by atoms with Crippen LogP contribution in [0.5, 0.6) is 0 Å². The number of hydrogen-bond donors (Lipinski definition) is 0. The lowest BCUT2D eigenvalue weighted by atomic mass is 9.98. The minimum Gasteiger partial charge on any atom is -0.336 e. The maximum Gasteiger partial charge on any atom is 0.253 e. The minimum atomic E-state index is 0.225. The van der Waals surface area contributed by atoms with Crippen LogP contribution in [0.15, 0.2) is 23.8 Å². The van der Waals surface area contributed by atoms with Crippen molar-refractivity contribution in [3.8, 4) is 0 Å². The van der Waals surface area contributed by atoms with Crippen LogP contribution in [0, 0.1) is 5.92 Å². The van der Waals surface area contributed by atoms with E-state index >= 15 is 0 Å². The average molecular weight is 205 g/mol. The summed E-state index contributed by atoms with van der Waals surface area (Å²) >= 11 is 0. The Balaban J connectivity index is 2.05. The Labute approximate surface area is 91.6 Å². The molecule has 0 aromatic rings. The summed E-state index contributed by atoms with van der Waals surface area (Å²) in [6.45, 7) is 5.24. The van der Waals surface area contributed by atoms with Gasteiger partial charge in [-0.3, -0.25) is 4.79 Å². The standard InChI is InChI=1S/C13H19NO/c1-10-5-7-12(8-6-10)13(15)14-9-3-4-11(14)2/h5,7-8,10-11H,3-4,6,9H2,1-2H3. The third kappa shape index (κ3) is 2.14. The molecule has 2 atom stereocenters. The van der Waals surface area contributed by atoms with E-state index in [4.69, 9.17) is 0 Å². The number of hydrogen-bond acceptors (Lipinski definition) is 1. The smallest absolute Gasteiger partial charge is 0.253 e. The zero-order valence-corrected chi connectivity index (χ0v) is 9.57. The van der Waals surface area contributed by atoms with Crippen LogP contribution < -0.4 is 0 Å². The lowest BCUT2D eigenvalue weighted by Gasteiger charge is -2.23. The van der Waals surface area contributed by atoms with Crippen molar-refractivity contribution in [3.05, 3.63) is 23.8 Å². The quantitative estimate of drug-likeness (QED) is 0.644. The molecule has 1 saturated heterocycles. The molecule has 1 amide bonds. The van der Waals surface area contributed by atoms with Gasteiger partial charge in [-0.2, -0.15) is 0 Å². The van der Waals surface area contributed by atoms with Gasteiger partial charge in [0.1, 0.15) is 0 Å². The Morgan fingerprint density at radius 1 is 1.47 bits per heavy atom. The highest BCUT2D eigenvalue weighted by molar-refractivity contribution is 5.96. The number of allylic oxidation sites excluding steroid dienone is 2. The van der Waals surface area contributed by atoms with Crippen LogP contribution in [0.4, 0.5) is 0 Å². The maximum absolute atomic E-state index is 12.1. The SMILES string of the molecule is CC1C=CC(C(=O)N2CCCC2C)=CC1. The van der Waals surface area contributed by atoms with E-state index in [1.807, 2.05) is 11.0 Å². The van der Waals surface area contributed by atoms with Crippen LogP contribution in [0.3, 0.4) is 0 Å². The molecular weight excluding hydrogens is 186 g/mol. The molecule has 0 N–H and O–H groups in total. The molecule has 0 bridgehead atoms. The molecule has 1 heterocycles. The summed E-state index contributed by atoms with van der Waals surface area (Å²) in [4.78, 5) is 14.1. The van der Waals surface area contributed by atoms with E-state index in [9.17, 15) is 4.79 Å². The van der Waals surface area contributed by atoms with Gasteiger partial charge in [-0.05, 0) is 32.1 Å². The highest BCUT2D eigenvalue weighted by atomic mass is 16.2. The summed E-state index contributed by atoms with van der Waals surface area (Å²) in [7, 11) is 0. The van der Waals surface area contributed by atoms with Gasteiger partial charge in [0.25, 0.3) is 5.91 Å². The van der Waals surface area contributed by atoms with Gasteiger partial charge < -0.3 is 4.90 Å². The first-order valence-corrected chi connectivity index (χ1v) is 5.88. The van der Waals surface area contributed by atoms with Crippen molar-refractivity contribution in [2.75, 3.05) is 6.54 Å². The second-order valence-electron chi connectivity index (χ2n) is 4.72. The van der Waals surface area contributed by atoms with E-state index in [0.29, 0.717) is 12.0 Å². The molecule has 1 aliphatic carbocycles. The van der Waals surface area contributed by atoms with Crippen LogP contribution in [0.25, 0.3) is 0 Å². The normalized spacial score (nSPS) is 30.5. The molecule has 0 radical (unpaired) electrons. The molecule has 1 fully saturated rings. The van der Waals surface area contributed by atoms with Gasteiger partial charge in [0.2, 0.25) is 0 Å². The monoisotopic (exact) mass is 205 g/mol. The molecule has 2 aliphatic rings. The van der Waals surface area contributed by atoms with Crippen LogP contribution in [0.1, 0.15) is 33.1 Å². The zero-order valence-electron chi connectivity index (χ0n) is 9.57. The highest BCUT2D eigenvalue weighted by Crippen LogP contribution is 2.22. The molecule has 15 heavy (non-hydrogen) atoms. The largest absolute Gasteiger partial charge is 0.336 e. The fraction of sp³-hybridized carbons (Fsp3) is 0.615. The Morgan fingerprint density at radius 3 is 2.80 bits per heavy atom. The summed E-state index contributed by atoms with van der Waals surface area (Å²) in [5.41, 5.74) is 0.891. The van der Waals surface area contributed by atoms with E-state index in [1.165, 1.54) is 0 Å². The van der Waals surface area contributed by atoms with Crippen LogP contribution in [-0.4, -0.2) is 23.4 Å². The second-order valence-corrected chi connectivity index (χ2v) is 4.72. The molecule has 0 saturated carbocycles. The molecule has 0 aromatic carbocycles. The first-order chi connectivity index (χ1) is 7.18. The van der Waals surface area contributed by atoms with Crippen LogP contribution >= 0.6 is 0 Å². The van der Waals surface area contributed by atoms with Gasteiger partial charge in [-0.1, -0.05) is 25.2 Å². The van der Waals surface area contributed by atoms with Gasteiger partial charge in [-0.25, -0.2) is 0 Å². The molecule has 1 aliphatic heterocycles. The third-order valence-corrected chi connectivity index (χ3v) is 3.37. The van der Waals surface area contributed by atoms with Crippen molar-refractivity contribution in [2.24, 2.45) is 5.92 Å². The average Bonchev–Trinajstić information content (AvgIpc) is 2.65. The van der Waals surface area contributed by atoms with Gasteiger partial charge in [-0.15, -0.1) is 0 Å². The van der Waals surface area contributed by atoms with Gasteiger partial charge in [0.15, 0.2) is 0 Å². The summed E-state index contributed by atoms with van der Waals surface area (Å²) in [5, 5.41) is 0. The lowest BCUT2D eigenvalue weighted by molar-refractivity contribution is -0.127. The van der Waals surface area contributed by atoms with E-state index < -0.39 is 0 Å². The number of rotatable bonds is 1. The van der Waals surface area contributed by atoms with Crippen molar-refractivity contribution >= 4 is 5.91 Å². The van der Waals surface area contributed by atoms with Crippen LogP contribution in [0.2, 0.25) is 0 Å². The number of amides is 1. The summed E-state index contributed by atoms with van der Waals surface area (Å²) < 4.78 is 0. The number of nitrogens with zero attached hydrogens (tertiary/aromatic N) is 1. The van der Waals surface area contributed by atoms with E-state index in [0.717, 1.165) is 31.4 Å². The molecule has 82 valence electrons. The molecule has 2 unspecified atom stereocenters. The van der Waals surface area contributed by atoms with Crippen molar-refractivity contribution < 1.29 is 4.79 Å². The third-order valence-electron chi connectivity index (χ3n) is 3.37. The molecule has 0 spiro atoms. The van der Waals surface area contributed by atoms with Crippen molar-refractivity contribution in [3.63, 3.8) is 0 Å². The summed E-state index contributed by atoms with van der Waals surface area (Å²) in [6, 6.07) is 0.422.